The number of likely N-dealkylation sites (N-methyl/N-ethyl adjacent to an activating group) is 1. The Morgan fingerprint density at radius 3 is 2.75 bits per heavy atom. The van der Waals surface area contributed by atoms with Gasteiger partial charge in [0.05, 0.1) is 21.5 Å². The summed E-state index contributed by atoms with van der Waals surface area (Å²) in [6.45, 7) is 8.37. The average molecular weight is 344 g/mol. The lowest BCUT2D eigenvalue weighted by molar-refractivity contribution is -0.0115. The molecule has 2 unspecified atom stereocenters. The van der Waals surface area contributed by atoms with Crippen molar-refractivity contribution in [1.82, 2.24) is 15.1 Å². The van der Waals surface area contributed by atoms with E-state index in [0.29, 0.717) is 6.04 Å². The minimum Gasteiger partial charge on any atom is -0.374 e. The van der Waals surface area contributed by atoms with Gasteiger partial charge in [-0.15, -0.1) is 0 Å². The van der Waals surface area contributed by atoms with Crippen LogP contribution in [0.25, 0.3) is 0 Å². The van der Waals surface area contributed by atoms with E-state index < -0.39 is 0 Å². The fourth-order valence-corrected chi connectivity index (χ4v) is 3.84. The van der Waals surface area contributed by atoms with Gasteiger partial charge in [0.1, 0.15) is 0 Å². The molecule has 1 aromatic rings. The van der Waals surface area contributed by atoms with Crippen LogP contribution in [0.15, 0.2) is 4.47 Å². The SMILES string of the molecule is CCNC(Cc1c(Br)c(CC)nn1C)C1(C)CCCO1. The van der Waals surface area contributed by atoms with Crippen molar-refractivity contribution >= 4 is 15.9 Å². The van der Waals surface area contributed by atoms with Crippen molar-refractivity contribution in [2.75, 3.05) is 13.2 Å². The molecule has 0 aliphatic carbocycles. The highest BCUT2D eigenvalue weighted by Gasteiger charge is 2.38. The molecule has 4 nitrogen and oxygen atoms in total. The first-order valence-electron chi connectivity index (χ1n) is 7.59. The normalized spacial score (nSPS) is 24.2. The van der Waals surface area contributed by atoms with Gasteiger partial charge in [-0.25, -0.2) is 0 Å². The van der Waals surface area contributed by atoms with Gasteiger partial charge in [-0.05, 0) is 48.7 Å². The summed E-state index contributed by atoms with van der Waals surface area (Å²) in [4.78, 5) is 0. The van der Waals surface area contributed by atoms with Gasteiger partial charge in [0, 0.05) is 26.1 Å². The highest BCUT2D eigenvalue weighted by Crippen LogP contribution is 2.32. The smallest absolute Gasteiger partial charge is 0.0811 e. The van der Waals surface area contributed by atoms with Crippen LogP contribution in [0.5, 0.6) is 0 Å². The molecule has 1 fully saturated rings. The Morgan fingerprint density at radius 2 is 2.25 bits per heavy atom. The first kappa shape index (κ1) is 16.0. The number of aryl methyl sites for hydroxylation is 2. The van der Waals surface area contributed by atoms with Crippen molar-refractivity contribution in [3.63, 3.8) is 0 Å². The first-order chi connectivity index (χ1) is 9.51. The Bertz CT molecular complexity index is 452. The molecule has 0 spiro atoms. The Morgan fingerprint density at radius 1 is 1.50 bits per heavy atom. The fourth-order valence-electron chi connectivity index (χ4n) is 3.06. The Labute approximate surface area is 130 Å². The molecule has 1 saturated heterocycles. The molecule has 1 aliphatic rings. The van der Waals surface area contributed by atoms with Crippen molar-refractivity contribution in [2.45, 2.75) is 58.1 Å². The number of ether oxygens (including phenoxy) is 1. The minimum atomic E-state index is -0.0634. The third kappa shape index (κ3) is 3.10. The van der Waals surface area contributed by atoms with Crippen molar-refractivity contribution in [3.8, 4) is 0 Å². The molecule has 114 valence electrons. The number of nitrogens with zero attached hydrogens (tertiary/aromatic N) is 2. The number of rotatable bonds is 6. The van der Waals surface area contributed by atoms with Crippen molar-refractivity contribution in [2.24, 2.45) is 7.05 Å². The van der Waals surface area contributed by atoms with E-state index in [1.165, 1.54) is 5.69 Å². The molecule has 5 heteroatoms. The van der Waals surface area contributed by atoms with E-state index in [0.717, 1.165) is 49.0 Å². The molecule has 2 rings (SSSR count). The molecule has 2 heterocycles. The lowest BCUT2D eigenvalue weighted by Crippen LogP contribution is -2.50. The molecular formula is C15H26BrN3O. The van der Waals surface area contributed by atoms with Gasteiger partial charge in [-0.1, -0.05) is 13.8 Å². The Balaban J connectivity index is 2.22. The van der Waals surface area contributed by atoms with Crippen LogP contribution in [0.1, 0.15) is 45.0 Å². The van der Waals surface area contributed by atoms with Crippen molar-refractivity contribution < 1.29 is 4.74 Å². The zero-order chi connectivity index (χ0) is 14.8. The monoisotopic (exact) mass is 343 g/mol. The van der Waals surface area contributed by atoms with Gasteiger partial charge in [0.2, 0.25) is 0 Å². The van der Waals surface area contributed by atoms with Gasteiger partial charge in [-0.2, -0.15) is 5.10 Å². The summed E-state index contributed by atoms with van der Waals surface area (Å²) in [6.07, 6.45) is 4.18. The van der Waals surface area contributed by atoms with E-state index in [9.17, 15) is 0 Å². The third-order valence-electron chi connectivity index (χ3n) is 4.34. The summed E-state index contributed by atoms with van der Waals surface area (Å²) in [5.74, 6) is 0. The summed E-state index contributed by atoms with van der Waals surface area (Å²) in [6, 6.07) is 0.325. The van der Waals surface area contributed by atoms with Crippen LogP contribution in [0.2, 0.25) is 0 Å². The first-order valence-corrected chi connectivity index (χ1v) is 8.38. The summed E-state index contributed by atoms with van der Waals surface area (Å²) in [5, 5.41) is 8.20. The van der Waals surface area contributed by atoms with Crippen LogP contribution >= 0.6 is 15.9 Å². The predicted molar refractivity (Wildman–Crippen MR) is 85.0 cm³/mol. The maximum Gasteiger partial charge on any atom is 0.0811 e. The van der Waals surface area contributed by atoms with Crippen LogP contribution in [0.4, 0.5) is 0 Å². The van der Waals surface area contributed by atoms with E-state index in [1.54, 1.807) is 0 Å². The molecule has 0 bridgehead atoms. The molecule has 1 N–H and O–H groups in total. The van der Waals surface area contributed by atoms with E-state index in [1.807, 2.05) is 11.7 Å². The van der Waals surface area contributed by atoms with Gasteiger partial charge in [0.25, 0.3) is 0 Å². The molecule has 1 aliphatic heterocycles. The molecule has 20 heavy (non-hydrogen) atoms. The second-order valence-corrected chi connectivity index (χ2v) is 6.56. The lowest BCUT2D eigenvalue weighted by atomic mass is 9.89. The summed E-state index contributed by atoms with van der Waals surface area (Å²) < 4.78 is 9.20. The second kappa shape index (κ2) is 6.58. The highest BCUT2D eigenvalue weighted by atomic mass is 79.9. The zero-order valence-electron chi connectivity index (χ0n) is 13.0. The quantitative estimate of drug-likeness (QED) is 0.863. The molecule has 0 radical (unpaired) electrons. The van der Waals surface area contributed by atoms with E-state index in [2.05, 4.69) is 47.1 Å². The average Bonchev–Trinajstić information content (AvgIpc) is 2.97. The molecule has 1 aromatic heterocycles. The fraction of sp³-hybridized carbons (Fsp3) is 0.800. The van der Waals surface area contributed by atoms with E-state index in [4.69, 9.17) is 4.74 Å². The summed E-state index contributed by atoms with van der Waals surface area (Å²) in [7, 11) is 2.03. The van der Waals surface area contributed by atoms with Crippen LogP contribution in [-0.2, 0) is 24.6 Å². The van der Waals surface area contributed by atoms with Crippen LogP contribution in [0.3, 0.4) is 0 Å². The topological polar surface area (TPSA) is 39.1 Å². The van der Waals surface area contributed by atoms with Gasteiger partial charge >= 0.3 is 0 Å². The summed E-state index contributed by atoms with van der Waals surface area (Å²) >= 11 is 3.72. The minimum absolute atomic E-state index is 0.0634. The molecule has 0 aromatic carbocycles. The number of hydrogen-bond acceptors (Lipinski definition) is 3. The Kier molecular flexibility index (Phi) is 5.26. The standard InChI is InChI=1S/C15H26BrN3O/c1-5-11-14(16)12(19(4)18-11)10-13(17-6-2)15(3)8-7-9-20-15/h13,17H,5-10H2,1-4H3. The molecule has 0 saturated carbocycles. The van der Waals surface area contributed by atoms with E-state index >= 15 is 0 Å². The maximum absolute atomic E-state index is 6.03. The predicted octanol–water partition coefficient (Wildman–Crippen LogP) is 2.83. The number of halogens is 1. The lowest BCUT2D eigenvalue weighted by Gasteiger charge is -2.34. The number of aromatic nitrogens is 2. The van der Waals surface area contributed by atoms with Crippen molar-refractivity contribution in [1.29, 1.82) is 0 Å². The number of hydrogen-bond donors (Lipinski definition) is 1. The third-order valence-corrected chi connectivity index (χ3v) is 5.25. The Hall–Kier alpha value is -0.390. The van der Waals surface area contributed by atoms with Crippen LogP contribution in [0, 0.1) is 0 Å². The van der Waals surface area contributed by atoms with E-state index in [-0.39, 0.29) is 5.60 Å². The van der Waals surface area contributed by atoms with Gasteiger partial charge in [-0.3, -0.25) is 4.68 Å². The second-order valence-electron chi connectivity index (χ2n) is 5.76. The number of nitrogens with one attached hydrogen (secondary N) is 1. The molecular weight excluding hydrogens is 318 g/mol. The highest BCUT2D eigenvalue weighted by molar-refractivity contribution is 9.10. The van der Waals surface area contributed by atoms with Gasteiger partial charge in [0.15, 0.2) is 0 Å². The largest absolute Gasteiger partial charge is 0.374 e. The van der Waals surface area contributed by atoms with Crippen molar-refractivity contribution in [3.05, 3.63) is 15.9 Å². The molecule has 0 amide bonds. The maximum atomic E-state index is 6.03. The zero-order valence-corrected chi connectivity index (χ0v) is 14.6. The van der Waals surface area contributed by atoms with Crippen LogP contribution in [-0.4, -0.2) is 34.6 Å². The molecule has 2 atom stereocenters. The van der Waals surface area contributed by atoms with Crippen LogP contribution < -0.4 is 5.32 Å². The van der Waals surface area contributed by atoms with Gasteiger partial charge < -0.3 is 10.1 Å². The summed E-state index contributed by atoms with van der Waals surface area (Å²) in [5.41, 5.74) is 2.33.